The molecular formula is C21H38NO+. The highest BCUT2D eigenvalue weighted by Crippen LogP contribution is 2.29. The number of unbranched alkanes of at least 4 members (excludes halogenated alkanes) is 3. The molecule has 1 N–H and O–H groups in total. The summed E-state index contributed by atoms with van der Waals surface area (Å²) in [5.74, 6) is 1.26. The first-order valence-corrected chi connectivity index (χ1v) is 9.56. The SMILES string of the molecule is CCCCCC(C)CC[N+](C)(C)c1ccc(CCCC)c(O)c1. The molecule has 0 amide bonds. The van der Waals surface area contributed by atoms with Crippen molar-refractivity contribution in [1.82, 2.24) is 4.48 Å². The van der Waals surface area contributed by atoms with Gasteiger partial charge in [-0.1, -0.05) is 52.9 Å². The van der Waals surface area contributed by atoms with E-state index in [0.29, 0.717) is 5.75 Å². The molecular weight excluding hydrogens is 282 g/mol. The molecule has 0 spiro atoms. The van der Waals surface area contributed by atoms with Gasteiger partial charge in [0.05, 0.1) is 20.6 Å². The lowest BCUT2D eigenvalue weighted by Crippen LogP contribution is -2.41. The fourth-order valence-corrected chi connectivity index (χ4v) is 3.07. The fraction of sp³-hybridized carbons (Fsp3) is 0.714. The van der Waals surface area contributed by atoms with Crippen molar-refractivity contribution in [3.8, 4) is 5.75 Å². The lowest BCUT2D eigenvalue weighted by Gasteiger charge is -2.31. The molecule has 0 saturated carbocycles. The predicted molar refractivity (Wildman–Crippen MR) is 103 cm³/mol. The number of aromatic hydroxyl groups is 1. The molecule has 0 heterocycles. The Morgan fingerprint density at radius 2 is 1.70 bits per heavy atom. The summed E-state index contributed by atoms with van der Waals surface area (Å²) in [6, 6.07) is 6.30. The Bertz CT molecular complexity index is 453. The molecule has 0 saturated heterocycles. The monoisotopic (exact) mass is 320 g/mol. The summed E-state index contributed by atoms with van der Waals surface area (Å²) in [5.41, 5.74) is 2.30. The topological polar surface area (TPSA) is 20.2 Å². The van der Waals surface area contributed by atoms with Crippen LogP contribution in [-0.2, 0) is 6.42 Å². The van der Waals surface area contributed by atoms with Crippen LogP contribution in [0, 0.1) is 5.92 Å². The van der Waals surface area contributed by atoms with E-state index in [1.165, 1.54) is 44.2 Å². The average molecular weight is 321 g/mol. The van der Waals surface area contributed by atoms with E-state index in [0.717, 1.165) is 35.4 Å². The van der Waals surface area contributed by atoms with E-state index in [9.17, 15) is 5.11 Å². The Labute approximate surface area is 144 Å². The van der Waals surface area contributed by atoms with Crippen molar-refractivity contribution in [1.29, 1.82) is 0 Å². The molecule has 23 heavy (non-hydrogen) atoms. The van der Waals surface area contributed by atoms with Crippen LogP contribution < -0.4 is 4.48 Å². The van der Waals surface area contributed by atoms with Gasteiger partial charge in [0.2, 0.25) is 0 Å². The minimum absolute atomic E-state index is 0.471. The number of rotatable bonds is 11. The van der Waals surface area contributed by atoms with Crippen LogP contribution in [0.15, 0.2) is 18.2 Å². The number of phenolic OH excluding ortho intramolecular Hbond substituents is 1. The predicted octanol–water partition coefficient (Wildman–Crippen LogP) is 5.91. The Balaban J connectivity index is 2.59. The second kappa shape index (κ2) is 9.97. The van der Waals surface area contributed by atoms with Gasteiger partial charge in [0.1, 0.15) is 11.4 Å². The minimum atomic E-state index is 0.471. The molecule has 1 atom stereocenters. The van der Waals surface area contributed by atoms with Crippen LogP contribution >= 0.6 is 0 Å². The van der Waals surface area contributed by atoms with Crippen molar-refractivity contribution >= 4 is 5.69 Å². The van der Waals surface area contributed by atoms with Gasteiger partial charge < -0.3 is 5.11 Å². The zero-order valence-corrected chi connectivity index (χ0v) is 16.1. The Kier molecular flexibility index (Phi) is 8.68. The Morgan fingerprint density at radius 1 is 1.00 bits per heavy atom. The van der Waals surface area contributed by atoms with E-state index >= 15 is 0 Å². The van der Waals surface area contributed by atoms with Crippen molar-refractivity contribution in [3.63, 3.8) is 0 Å². The van der Waals surface area contributed by atoms with Crippen molar-refractivity contribution in [2.75, 3.05) is 20.6 Å². The highest BCUT2D eigenvalue weighted by molar-refractivity contribution is 5.50. The number of hydrogen-bond acceptors (Lipinski definition) is 1. The van der Waals surface area contributed by atoms with Gasteiger partial charge in [-0.05, 0) is 42.9 Å². The molecule has 1 aromatic carbocycles. The van der Waals surface area contributed by atoms with Gasteiger partial charge in [-0.3, -0.25) is 4.48 Å². The quantitative estimate of drug-likeness (QED) is 0.397. The third-order valence-corrected chi connectivity index (χ3v) is 5.05. The summed E-state index contributed by atoms with van der Waals surface area (Å²) in [6.07, 6.45) is 9.89. The van der Waals surface area contributed by atoms with Gasteiger partial charge in [-0.2, -0.15) is 0 Å². The summed E-state index contributed by atoms with van der Waals surface area (Å²) in [6.45, 7) is 7.95. The van der Waals surface area contributed by atoms with Crippen molar-refractivity contribution < 1.29 is 5.11 Å². The molecule has 2 nitrogen and oxygen atoms in total. The first kappa shape index (κ1) is 20.0. The molecule has 1 unspecified atom stereocenters. The van der Waals surface area contributed by atoms with Crippen molar-refractivity contribution in [2.24, 2.45) is 5.92 Å². The number of benzene rings is 1. The van der Waals surface area contributed by atoms with E-state index in [1.54, 1.807) is 0 Å². The maximum absolute atomic E-state index is 10.3. The summed E-state index contributed by atoms with van der Waals surface area (Å²) < 4.78 is 0.847. The highest BCUT2D eigenvalue weighted by Gasteiger charge is 2.21. The second-order valence-electron chi connectivity index (χ2n) is 7.71. The van der Waals surface area contributed by atoms with Crippen molar-refractivity contribution in [2.45, 2.75) is 72.1 Å². The second-order valence-corrected chi connectivity index (χ2v) is 7.71. The molecule has 0 fully saturated rings. The lowest BCUT2D eigenvalue weighted by molar-refractivity contribution is 0.341. The van der Waals surface area contributed by atoms with E-state index in [4.69, 9.17) is 0 Å². The first-order chi connectivity index (χ1) is 10.9. The minimum Gasteiger partial charge on any atom is -0.507 e. The van der Waals surface area contributed by atoms with E-state index in [1.807, 2.05) is 6.07 Å². The first-order valence-electron chi connectivity index (χ1n) is 9.56. The number of phenols is 1. The van der Waals surface area contributed by atoms with E-state index in [-0.39, 0.29) is 0 Å². The smallest absolute Gasteiger partial charge is 0.136 e. The molecule has 0 aliphatic heterocycles. The van der Waals surface area contributed by atoms with Gasteiger partial charge in [0, 0.05) is 6.07 Å². The molecule has 0 aliphatic rings. The Morgan fingerprint density at radius 3 is 2.30 bits per heavy atom. The molecule has 2 heteroatoms. The van der Waals surface area contributed by atoms with Crippen LogP contribution in [0.3, 0.4) is 0 Å². The number of nitrogens with zero attached hydrogens (tertiary/aromatic N) is 1. The third kappa shape index (κ3) is 6.95. The molecule has 0 aromatic heterocycles. The zero-order valence-electron chi connectivity index (χ0n) is 16.1. The Hall–Kier alpha value is -1.02. The maximum Gasteiger partial charge on any atom is 0.136 e. The van der Waals surface area contributed by atoms with Gasteiger partial charge in [-0.15, -0.1) is 0 Å². The fourth-order valence-electron chi connectivity index (χ4n) is 3.07. The van der Waals surface area contributed by atoms with E-state index in [2.05, 4.69) is 47.0 Å². The van der Waals surface area contributed by atoms with Gasteiger partial charge in [0.25, 0.3) is 0 Å². The van der Waals surface area contributed by atoms with E-state index < -0.39 is 0 Å². The van der Waals surface area contributed by atoms with Gasteiger partial charge in [-0.25, -0.2) is 0 Å². The van der Waals surface area contributed by atoms with Crippen LogP contribution in [0.2, 0.25) is 0 Å². The average Bonchev–Trinajstić information content (AvgIpc) is 2.52. The maximum atomic E-state index is 10.3. The third-order valence-electron chi connectivity index (χ3n) is 5.05. The molecule has 0 bridgehead atoms. The molecule has 0 aliphatic carbocycles. The van der Waals surface area contributed by atoms with Crippen molar-refractivity contribution in [3.05, 3.63) is 23.8 Å². The van der Waals surface area contributed by atoms with Crippen LogP contribution in [0.4, 0.5) is 5.69 Å². The largest absolute Gasteiger partial charge is 0.507 e. The zero-order chi connectivity index (χ0) is 17.3. The molecule has 132 valence electrons. The van der Waals surface area contributed by atoms with Crippen LogP contribution in [-0.4, -0.2) is 25.7 Å². The van der Waals surface area contributed by atoms with Crippen LogP contribution in [0.25, 0.3) is 0 Å². The normalized spacial score (nSPS) is 13.3. The highest BCUT2D eigenvalue weighted by atomic mass is 16.3. The van der Waals surface area contributed by atoms with Crippen LogP contribution in [0.1, 0.15) is 71.3 Å². The molecule has 1 aromatic rings. The summed E-state index contributed by atoms with van der Waals surface area (Å²) in [5, 5.41) is 10.3. The summed E-state index contributed by atoms with van der Waals surface area (Å²) in [4.78, 5) is 0. The standard InChI is InChI=1S/C21H37NO/c1-6-8-10-11-18(3)15-16-22(4,5)20-14-13-19(12-9-7-2)21(23)17-20/h13-14,17-18H,6-12,15-16H2,1-5H3/p+1. The van der Waals surface area contributed by atoms with Gasteiger partial charge in [0.15, 0.2) is 0 Å². The summed E-state index contributed by atoms with van der Waals surface area (Å²) >= 11 is 0. The van der Waals surface area contributed by atoms with Crippen LogP contribution in [0.5, 0.6) is 5.75 Å². The molecule has 0 radical (unpaired) electrons. The number of aryl methyl sites for hydroxylation is 1. The number of quaternary nitrogens is 1. The van der Waals surface area contributed by atoms with Gasteiger partial charge >= 0.3 is 0 Å². The number of hydrogen-bond donors (Lipinski definition) is 1. The molecule has 1 rings (SSSR count). The lowest BCUT2D eigenvalue weighted by atomic mass is 9.99. The summed E-state index contributed by atoms with van der Waals surface area (Å²) in [7, 11) is 4.50.